The van der Waals surface area contributed by atoms with Gasteiger partial charge in [-0.1, -0.05) is 27.3 Å². The fourth-order valence-corrected chi connectivity index (χ4v) is 3.15. The molecule has 0 bridgehead atoms. The second-order valence-electron chi connectivity index (χ2n) is 3.97. The molecular weight excluding hydrogens is 319 g/mol. The van der Waals surface area contributed by atoms with Gasteiger partial charge in [0.05, 0.1) is 0 Å². The summed E-state index contributed by atoms with van der Waals surface area (Å²) in [5.74, 6) is 0.612. The summed E-state index contributed by atoms with van der Waals surface area (Å²) in [6.07, 6.45) is -2.43. The maximum absolute atomic E-state index is 12.4. The lowest BCUT2D eigenvalue weighted by Crippen LogP contribution is -2.34. The average molecular weight is 330 g/mol. The zero-order chi connectivity index (χ0) is 12.5. The monoisotopic (exact) mass is 329 g/mol. The maximum Gasteiger partial charge on any atom is 0.445 e. The molecule has 0 N–H and O–H groups in total. The molecule has 0 spiro atoms. The van der Waals surface area contributed by atoms with Gasteiger partial charge < -0.3 is 4.90 Å². The predicted octanol–water partition coefficient (Wildman–Crippen LogP) is 3.17. The van der Waals surface area contributed by atoms with Crippen molar-refractivity contribution < 1.29 is 13.2 Å². The lowest BCUT2D eigenvalue weighted by atomic mass is 10.00. The molecule has 0 radical (unpaired) electrons. The van der Waals surface area contributed by atoms with Gasteiger partial charge in [0.15, 0.2) is 0 Å². The fraction of sp³-hybridized carbons (Fsp3) is 0.778. The number of rotatable bonds is 2. The molecule has 0 atom stereocenters. The van der Waals surface area contributed by atoms with E-state index in [1.54, 1.807) is 0 Å². The van der Waals surface area contributed by atoms with E-state index < -0.39 is 11.2 Å². The third-order valence-electron chi connectivity index (χ3n) is 2.76. The van der Waals surface area contributed by atoms with Crippen LogP contribution in [0.5, 0.6) is 0 Å². The Labute approximate surface area is 109 Å². The van der Waals surface area contributed by atoms with E-state index in [0.717, 1.165) is 31.3 Å². The van der Waals surface area contributed by atoms with Gasteiger partial charge in [-0.15, -0.1) is 10.2 Å². The van der Waals surface area contributed by atoms with Crippen molar-refractivity contribution in [2.45, 2.75) is 19.0 Å². The van der Waals surface area contributed by atoms with Crippen molar-refractivity contribution in [2.24, 2.45) is 5.92 Å². The van der Waals surface area contributed by atoms with E-state index >= 15 is 0 Å². The predicted molar refractivity (Wildman–Crippen MR) is 63.6 cm³/mol. The van der Waals surface area contributed by atoms with Gasteiger partial charge >= 0.3 is 6.18 Å². The molecule has 0 aromatic carbocycles. The Kier molecular flexibility index (Phi) is 3.92. The van der Waals surface area contributed by atoms with E-state index in [1.165, 1.54) is 0 Å². The van der Waals surface area contributed by atoms with Crippen LogP contribution in [-0.4, -0.2) is 28.6 Å². The highest BCUT2D eigenvalue weighted by Gasteiger charge is 2.36. The molecule has 1 fully saturated rings. The van der Waals surface area contributed by atoms with Gasteiger partial charge in [-0.2, -0.15) is 13.2 Å². The molecule has 0 unspecified atom stereocenters. The minimum atomic E-state index is -4.38. The van der Waals surface area contributed by atoms with Crippen molar-refractivity contribution in [1.29, 1.82) is 0 Å². The molecule has 96 valence electrons. The molecule has 0 saturated carbocycles. The van der Waals surface area contributed by atoms with Crippen LogP contribution in [0.1, 0.15) is 17.8 Å². The second kappa shape index (κ2) is 5.09. The number of anilines is 1. The summed E-state index contributed by atoms with van der Waals surface area (Å²) in [5, 5.41) is 7.28. The van der Waals surface area contributed by atoms with Crippen molar-refractivity contribution in [3.8, 4) is 0 Å². The molecule has 1 aliphatic rings. The third kappa shape index (κ3) is 3.09. The van der Waals surface area contributed by atoms with Crippen LogP contribution in [0.3, 0.4) is 0 Å². The van der Waals surface area contributed by atoms with Crippen molar-refractivity contribution >= 4 is 32.4 Å². The molecule has 1 saturated heterocycles. The Morgan fingerprint density at radius 2 is 1.94 bits per heavy atom. The first-order chi connectivity index (χ1) is 8.00. The molecular formula is C9H11BrF3N3S. The molecule has 0 aliphatic carbocycles. The first-order valence-electron chi connectivity index (χ1n) is 5.22. The number of halogens is 4. The first-order valence-corrected chi connectivity index (χ1v) is 7.16. The van der Waals surface area contributed by atoms with Crippen LogP contribution in [-0.2, 0) is 6.18 Å². The standard InChI is InChI=1S/C9H11BrF3N3S/c10-5-6-1-3-16(4-2-6)8-15-14-7(17-8)9(11,12)13/h6H,1-5H2. The Hall–Kier alpha value is -0.370. The third-order valence-corrected chi connectivity index (χ3v) is 4.70. The van der Waals surface area contributed by atoms with Gasteiger partial charge in [-0.05, 0) is 18.8 Å². The van der Waals surface area contributed by atoms with Crippen LogP contribution in [0.25, 0.3) is 0 Å². The van der Waals surface area contributed by atoms with Gasteiger partial charge in [0.2, 0.25) is 10.1 Å². The van der Waals surface area contributed by atoms with Gasteiger partial charge in [0.25, 0.3) is 0 Å². The maximum atomic E-state index is 12.4. The van der Waals surface area contributed by atoms with Crippen molar-refractivity contribution in [1.82, 2.24) is 10.2 Å². The smallest absolute Gasteiger partial charge is 0.347 e. The highest BCUT2D eigenvalue weighted by atomic mass is 79.9. The average Bonchev–Trinajstić information content (AvgIpc) is 2.78. The van der Waals surface area contributed by atoms with E-state index in [0.29, 0.717) is 22.4 Å². The molecule has 0 amide bonds. The lowest BCUT2D eigenvalue weighted by Gasteiger charge is -2.30. The molecule has 2 heterocycles. The summed E-state index contributed by atoms with van der Waals surface area (Å²) in [7, 11) is 0. The van der Waals surface area contributed by atoms with Gasteiger partial charge in [0.1, 0.15) is 0 Å². The van der Waals surface area contributed by atoms with E-state index in [2.05, 4.69) is 26.1 Å². The molecule has 1 aromatic rings. The molecule has 2 rings (SSSR count). The summed E-state index contributed by atoms with van der Waals surface area (Å²) >= 11 is 4.05. The summed E-state index contributed by atoms with van der Waals surface area (Å²) in [5.41, 5.74) is 0. The second-order valence-corrected chi connectivity index (χ2v) is 5.58. The van der Waals surface area contributed by atoms with Crippen LogP contribution >= 0.6 is 27.3 Å². The number of nitrogens with zero attached hydrogens (tertiary/aromatic N) is 3. The van der Waals surface area contributed by atoms with Crippen LogP contribution in [0, 0.1) is 5.92 Å². The summed E-state index contributed by atoms with van der Waals surface area (Å²) in [4.78, 5) is 1.88. The Morgan fingerprint density at radius 1 is 1.29 bits per heavy atom. The molecule has 3 nitrogen and oxygen atoms in total. The molecule has 1 aromatic heterocycles. The highest BCUT2D eigenvalue weighted by molar-refractivity contribution is 9.09. The molecule has 17 heavy (non-hydrogen) atoms. The fourth-order valence-electron chi connectivity index (χ4n) is 1.74. The Morgan fingerprint density at radius 3 is 2.41 bits per heavy atom. The van der Waals surface area contributed by atoms with E-state index in [9.17, 15) is 13.2 Å². The van der Waals surface area contributed by atoms with Crippen molar-refractivity contribution in [3.63, 3.8) is 0 Å². The number of piperidine rings is 1. The summed E-state index contributed by atoms with van der Waals surface area (Å²) in [6.45, 7) is 1.51. The van der Waals surface area contributed by atoms with E-state index in [1.807, 2.05) is 4.90 Å². The first kappa shape index (κ1) is 13.1. The van der Waals surface area contributed by atoms with E-state index in [4.69, 9.17) is 0 Å². The van der Waals surface area contributed by atoms with Crippen molar-refractivity contribution in [2.75, 3.05) is 23.3 Å². The Balaban J connectivity index is 2.02. The summed E-state index contributed by atoms with van der Waals surface area (Å²) < 4.78 is 37.1. The van der Waals surface area contributed by atoms with Crippen LogP contribution in [0.15, 0.2) is 0 Å². The zero-order valence-corrected chi connectivity index (χ0v) is 11.3. The normalized spacial score (nSPS) is 18.7. The SMILES string of the molecule is FC(F)(F)c1nnc(N2CCC(CBr)CC2)s1. The van der Waals surface area contributed by atoms with Gasteiger partial charge in [0, 0.05) is 18.4 Å². The minimum Gasteiger partial charge on any atom is -0.347 e. The van der Waals surface area contributed by atoms with Crippen LogP contribution in [0.4, 0.5) is 18.3 Å². The molecule has 8 heteroatoms. The highest BCUT2D eigenvalue weighted by Crippen LogP contribution is 2.35. The largest absolute Gasteiger partial charge is 0.445 e. The quantitative estimate of drug-likeness (QED) is 0.780. The Bertz CT molecular complexity index is 374. The number of aromatic nitrogens is 2. The number of hydrogen-bond acceptors (Lipinski definition) is 4. The van der Waals surface area contributed by atoms with Crippen LogP contribution < -0.4 is 4.90 Å². The number of alkyl halides is 4. The van der Waals surface area contributed by atoms with E-state index in [-0.39, 0.29) is 0 Å². The topological polar surface area (TPSA) is 29.0 Å². The molecule has 1 aliphatic heterocycles. The minimum absolute atomic E-state index is 0.380. The van der Waals surface area contributed by atoms with Gasteiger partial charge in [-0.3, -0.25) is 0 Å². The zero-order valence-electron chi connectivity index (χ0n) is 8.87. The van der Waals surface area contributed by atoms with Gasteiger partial charge in [-0.25, -0.2) is 0 Å². The lowest BCUT2D eigenvalue weighted by molar-refractivity contribution is -0.138. The number of hydrogen-bond donors (Lipinski definition) is 0. The van der Waals surface area contributed by atoms with Crippen molar-refractivity contribution in [3.05, 3.63) is 5.01 Å². The summed E-state index contributed by atoms with van der Waals surface area (Å²) in [6, 6.07) is 0. The van der Waals surface area contributed by atoms with Crippen LogP contribution in [0.2, 0.25) is 0 Å².